The molecule has 0 aliphatic heterocycles. The lowest BCUT2D eigenvalue weighted by molar-refractivity contribution is -0.137. The summed E-state index contributed by atoms with van der Waals surface area (Å²) in [4.78, 5) is 29.3. The van der Waals surface area contributed by atoms with Crippen LogP contribution < -0.4 is 5.32 Å². The molecule has 2 N–H and O–H groups in total. The Morgan fingerprint density at radius 3 is 2.45 bits per heavy atom. The highest BCUT2D eigenvalue weighted by Crippen LogP contribution is 2.31. The molecule has 0 spiro atoms. The number of imidazole rings is 1. The third-order valence-electron chi connectivity index (χ3n) is 2.45. The van der Waals surface area contributed by atoms with Crippen molar-refractivity contribution in [2.24, 2.45) is 0 Å². The number of rotatable bonds is 2. The number of benzene rings is 1. The van der Waals surface area contributed by atoms with E-state index in [1.165, 1.54) is 12.4 Å². The smallest absolute Gasteiger partial charge is 0.341 e. The van der Waals surface area contributed by atoms with Crippen LogP contribution in [0.25, 0.3) is 0 Å². The summed E-state index contributed by atoms with van der Waals surface area (Å²) in [6.07, 6.45) is -2.31. The Hall–Kier alpha value is -2.64. The van der Waals surface area contributed by atoms with Crippen molar-refractivity contribution in [3.05, 3.63) is 53.6 Å². The maximum absolute atomic E-state index is 12.7. The monoisotopic (exact) mass is 283 g/mol. The number of alkyl halides is 3. The minimum absolute atomic E-state index is 0.0251. The van der Waals surface area contributed by atoms with Crippen LogP contribution >= 0.6 is 0 Å². The van der Waals surface area contributed by atoms with Gasteiger partial charge in [-0.15, -0.1) is 0 Å². The maximum Gasteiger partial charge on any atom is 0.417 e. The normalized spacial score (nSPS) is 11.2. The number of aromatic nitrogens is 2. The van der Waals surface area contributed by atoms with Crippen LogP contribution in [0.4, 0.5) is 13.2 Å². The van der Waals surface area contributed by atoms with Gasteiger partial charge in [-0.1, -0.05) is 12.1 Å². The molecule has 0 radical (unpaired) electrons. The Balaban J connectivity index is 2.24. The minimum atomic E-state index is -4.68. The molecule has 1 aromatic carbocycles. The first-order valence-corrected chi connectivity index (χ1v) is 5.40. The summed E-state index contributed by atoms with van der Waals surface area (Å²) in [5, 5.41) is 1.86. The fourth-order valence-electron chi connectivity index (χ4n) is 1.55. The second-order valence-corrected chi connectivity index (χ2v) is 3.79. The number of amides is 2. The SMILES string of the molecule is O=C(NC(=O)c1ccccc1C(F)(F)F)c1cnc[nH]1. The van der Waals surface area contributed by atoms with Gasteiger partial charge in [0.1, 0.15) is 5.69 Å². The molecule has 0 bridgehead atoms. The summed E-state index contributed by atoms with van der Waals surface area (Å²) < 4.78 is 38.2. The van der Waals surface area contributed by atoms with E-state index in [2.05, 4.69) is 9.97 Å². The summed E-state index contributed by atoms with van der Waals surface area (Å²) >= 11 is 0. The number of halogens is 3. The van der Waals surface area contributed by atoms with Gasteiger partial charge in [-0.2, -0.15) is 13.2 Å². The van der Waals surface area contributed by atoms with E-state index in [9.17, 15) is 22.8 Å². The number of nitrogens with one attached hydrogen (secondary N) is 2. The molecule has 1 heterocycles. The van der Waals surface area contributed by atoms with Gasteiger partial charge in [-0.3, -0.25) is 14.9 Å². The van der Waals surface area contributed by atoms with E-state index in [0.29, 0.717) is 0 Å². The van der Waals surface area contributed by atoms with Crippen molar-refractivity contribution in [3.8, 4) is 0 Å². The lowest BCUT2D eigenvalue weighted by Gasteiger charge is -2.11. The second kappa shape index (κ2) is 5.16. The standard InChI is InChI=1S/C12H8F3N3O2/c13-12(14,15)8-4-2-1-3-7(8)10(19)18-11(20)9-5-16-6-17-9/h1-6H,(H,16,17)(H,18,19,20). The number of nitrogens with zero attached hydrogens (tertiary/aromatic N) is 1. The summed E-state index contributed by atoms with van der Waals surface area (Å²) in [6.45, 7) is 0. The predicted octanol–water partition coefficient (Wildman–Crippen LogP) is 2.00. The number of hydrogen-bond donors (Lipinski definition) is 2. The van der Waals surface area contributed by atoms with Crippen LogP contribution in [0.5, 0.6) is 0 Å². The molecule has 2 aromatic rings. The summed E-state index contributed by atoms with van der Waals surface area (Å²) in [6, 6.07) is 4.22. The quantitative estimate of drug-likeness (QED) is 0.828. The van der Waals surface area contributed by atoms with Crippen molar-refractivity contribution < 1.29 is 22.8 Å². The predicted molar refractivity (Wildman–Crippen MR) is 61.8 cm³/mol. The molecule has 8 heteroatoms. The second-order valence-electron chi connectivity index (χ2n) is 3.79. The van der Waals surface area contributed by atoms with Crippen molar-refractivity contribution >= 4 is 11.8 Å². The highest BCUT2D eigenvalue weighted by Gasteiger charge is 2.35. The van der Waals surface area contributed by atoms with Crippen LogP contribution in [0.15, 0.2) is 36.8 Å². The van der Waals surface area contributed by atoms with E-state index in [0.717, 1.165) is 24.4 Å². The van der Waals surface area contributed by atoms with Gasteiger partial charge < -0.3 is 4.98 Å². The first-order chi connectivity index (χ1) is 9.39. The Kier molecular flexibility index (Phi) is 3.55. The number of hydrogen-bond acceptors (Lipinski definition) is 3. The fourth-order valence-corrected chi connectivity index (χ4v) is 1.55. The topological polar surface area (TPSA) is 74.8 Å². The molecule has 2 rings (SSSR count). The molecule has 20 heavy (non-hydrogen) atoms. The maximum atomic E-state index is 12.7. The molecule has 0 aliphatic carbocycles. The highest BCUT2D eigenvalue weighted by molar-refractivity contribution is 6.10. The number of H-pyrrole nitrogens is 1. The first kappa shape index (κ1) is 13.8. The molecule has 104 valence electrons. The molecule has 2 amide bonds. The fraction of sp³-hybridized carbons (Fsp3) is 0.0833. The number of imide groups is 1. The number of aromatic amines is 1. The van der Waals surface area contributed by atoms with Crippen LogP contribution in [0, 0.1) is 0 Å². The summed E-state index contributed by atoms with van der Waals surface area (Å²) in [7, 11) is 0. The lowest BCUT2D eigenvalue weighted by atomic mass is 10.1. The Morgan fingerprint density at radius 1 is 1.15 bits per heavy atom. The van der Waals surface area contributed by atoms with E-state index in [1.807, 2.05) is 5.32 Å². The minimum Gasteiger partial charge on any atom is -0.341 e. The van der Waals surface area contributed by atoms with Gasteiger partial charge in [-0.05, 0) is 12.1 Å². The van der Waals surface area contributed by atoms with E-state index in [-0.39, 0.29) is 5.69 Å². The van der Waals surface area contributed by atoms with E-state index in [1.54, 1.807) is 0 Å². The zero-order valence-corrected chi connectivity index (χ0v) is 9.86. The van der Waals surface area contributed by atoms with Gasteiger partial charge in [0.2, 0.25) is 0 Å². The van der Waals surface area contributed by atoms with Crippen molar-refractivity contribution in [3.63, 3.8) is 0 Å². The number of carbonyl (C=O) groups is 2. The van der Waals surface area contributed by atoms with Crippen molar-refractivity contribution in [2.45, 2.75) is 6.18 Å². The Morgan fingerprint density at radius 2 is 1.85 bits per heavy atom. The van der Waals surface area contributed by atoms with Gasteiger partial charge >= 0.3 is 6.18 Å². The Bertz CT molecular complexity index is 636. The van der Waals surface area contributed by atoms with Gasteiger partial charge in [0.05, 0.1) is 23.7 Å². The highest BCUT2D eigenvalue weighted by atomic mass is 19.4. The van der Waals surface area contributed by atoms with Gasteiger partial charge in [0.25, 0.3) is 11.8 Å². The van der Waals surface area contributed by atoms with Crippen LogP contribution in [0.3, 0.4) is 0 Å². The first-order valence-electron chi connectivity index (χ1n) is 5.40. The molecule has 0 fully saturated rings. The molecule has 0 saturated heterocycles. The lowest BCUT2D eigenvalue weighted by Crippen LogP contribution is -2.32. The average molecular weight is 283 g/mol. The summed E-state index contributed by atoms with van der Waals surface area (Å²) in [5.74, 6) is -1.98. The van der Waals surface area contributed by atoms with E-state index >= 15 is 0 Å². The van der Waals surface area contributed by atoms with Crippen LogP contribution in [0.1, 0.15) is 26.4 Å². The van der Waals surface area contributed by atoms with Gasteiger partial charge in [-0.25, -0.2) is 4.98 Å². The van der Waals surface area contributed by atoms with Crippen LogP contribution in [-0.2, 0) is 6.18 Å². The molecule has 0 atom stereocenters. The zero-order chi connectivity index (χ0) is 14.8. The van der Waals surface area contributed by atoms with Crippen LogP contribution in [-0.4, -0.2) is 21.8 Å². The molecule has 1 aromatic heterocycles. The van der Waals surface area contributed by atoms with Gasteiger partial charge in [0, 0.05) is 0 Å². The Labute approximate surface area is 110 Å². The molecule has 0 unspecified atom stereocenters. The molecule has 5 nitrogen and oxygen atoms in total. The third kappa shape index (κ3) is 2.85. The summed E-state index contributed by atoms with van der Waals surface area (Å²) in [5.41, 5.74) is -1.74. The molecule has 0 saturated carbocycles. The zero-order valence-electron chi connectivity index (χ0n) is 9.86. The van der Waals surface area contributed by atoms with Crippen molar-refractivity contribution in [1.82, 2.24) is 15.3 Å². The molecular weight excluding hydrogens is 275 g/mol. The van der Waals surface area contributed by atoms with Gasteiger partial charge in [0.15, 0.2) is 0 Å². The molecule has 0 aliphatic rings. The average Bonchev–Trinajstić information content (AvgIpc) is 2.91. The van der Waals surface area contributed by atoms with Crippen LogP contribution in [0.2, 0.25) is 0 Å². The van der Waals surface area contributed by atoms with Crippen molar-refractivity contribution in [1.29, 1.82) is 0 Å². The third-order valence-corrected chi connectivity index (χ3v) is 2.45. The van der Waals surface area contributed by atoms with E-state index in [4.69, 9.17) is 0 Å². The van der Waals surface area contributed by atoms with Crippen molar-refractivity contribution in [2.75, 3.05) is 0 Å². The molecular formula is C12H8F3N3O2. The largest absolute Gasteiger partial charge is 0.417 e. The number of carbonyl (C=O) groups excluding carboxylic acids is 2. The van der Waals surface area contributed by atoms with E-state index < -0.39 is 29.1 Å².